The van der Waals surface area contributed by atoms with Crippen molar-refractivity contribution in [2.24, 2.45) is 16.8 Å². The van der Waals surface area contributed by atoms with E-state index in [2.05, 4.69) is 25.7 Å². The molecule has 2 aromatic rings. The molecule has 1 amide bonds. The van der Waals surface area contributed by atoms with E-state index >= 15 is 0 Å². The van der Waals surface area contributed by atoms with E-state index in [1.807, 2.05) is 39.0 Å². The second kappa shape index (κ2) is 9.52. The van der Waals surface area contributed by atoms with E-state index in [1.54, 1.807) is 18.1 Å². The minimum absolute atomic E-state index is 0.184. The Bertz CT molecular complexity index is 1040. The first-order valence-corrected chi connectivity index (χ1v) is 13.0. The standard InChI is InChI=1S/C24H36N6O2S/c1-24(2,3)32-23(31)29-10-8-15(9-11-29)16-6-7-17(12-16)30-13-18(22(26-4)33-5)19-20(25)27-14-28-21(19)30/h13-17H,6-12H2,1-5H3,(H2,25,27,28)/b26-22-. The quantitative estimate of drug-likeness (QED) is 0.512. The molecule has 1 saturated carbocycles. The number of nitrogens with zero attached hydrogens (tertiary/aromatic N) is 5. The van der Waals surface area contributed by atoms with Crippen molar-refractivity contribution in [1.29, 1.82) is 0 Å². The monoisotopic (exact) mass is 472 g/mol. The zero-order chi connectivity index (χ0) is 23.8. The van der Waals surface area contributed by atoms with Gasteiger partial charge in [-0.15, -0.1) is 11.8 Å². The number of hydrogen-bond donors (Lipinski definition) is 1. The van der Waals surface area contributed by atoms with Crippen molar-refractivity contribution < 1.29 is 9.53 Å². The molecule has 1 aliphatic carbocycles. The number of carbonyl (C=O) groups excluding carboxylic acids is 1. The third-order valence-electron chi connectivity index (χ3n) is 6.96. The normalized spacial score (nSPS) is 22.8. The lowest BCUT2D eigenvalue weighted by molar-refractivity contribution is 0.0159. The fourth-order valence-electron chi connectivity index (χ4n) is 5.42. The number of amides is 1. The highest BCUT2D eigenvalue weighted by Crippen LogP contribution is 2.44. The van der Waals surface area contributed by atoms with Gasteiger partial charge < -0.3 is 19.9 Å². The van der Waals surface area contributed by atoms with Crippen molar-refractivity contribution in [3.8, 4) is 0 Å². The van der Waals surface area contributed by atoms with Gasteiger partial charge >= 0.3 is 6.09 Å². The second-order valence-corrected chi connectivity index (χ2v) is 11.0. The van der Waals surface area contributed by atoms with Crippen LogP contribution < -0.4 is 5.73 Å². The number of thioether (sulfide) groups is 1. The Balaban J connectivity index is 1.46. The number of rotatable bonds is 3. The lowest BCUT2D eigenvalue weighted by atomic mass is 9.83. The summed E-state index contributed by atoms with van der Waals surface area (Å²) in [5.74, 6) is 1.82. The van der Waals surface area contributed by atoms with E-state index in [0.717, 1.165) is 60.4 Å². The fourth-order valence-corrected chi connectivity index (χ4v) is 5.98. The molecule has 2 N–H and O–H groups in total. The maximum Gasteiger partial charge on any atom is 0.410 e. The van der Waals surface area contributed by atoms with Crippen LogP contribution in [0.5, 0.6) is 0 Å². The molecule has 1 saturated heterocycles. The van der Waals surface area contributed by atoms with Gasteiger partial charge in [-0.05, 0) is 71.0 Å². The molecule has 0 aromatic carbocycles. The van der Waals surface area contributed by atoms with Crippen LogP contribution in [0.2, 0.25) is 0 Å². The SMILES string of the molecule is C/N=C(\SC)c1cn(C2CCC(C3CCN(C(=O)OC(C)(C)C)CC3)C2)c2ncnc(N)c12. The van der Waals surface area contributed by atoms with Gasteiger partial charge in [-0.1, -0.05) is 0 Å². The van der Waals surface area contributed by atoms with Crippen molar-refractivity contribution in [2.75, 3.05) is 32.1 Å². The van der Waals surface area contributed by atoms with Crippen LogP contribution in [0.25, 0.3) is 11.0 Å². The number of fused-ring (bicyclic) bond motifs is 1. The van der Waals surface area contributed by atoms with E-state index < -0.39 is 5.60 Å². The average Bonchev–Trinajstić information content (AvgIpc) is 3.40. The Kier molecular flexibility index (Phi) is 6.88. The lowest BCUT2D eigenvalue weighted by Crippen LogP contribution is -2.42. The number of carbonyl (C=O) groups is 1. The van der Waals surface area contributed by atoms with Crippen LogP contribution in [0, 0.1) is 11.8 Å². The van der Waals surface area contributed by atoms with Crippen LogP contribution in [-0.2, 0) is 4.74 Å². The molecular weight excluding hydrogens is 436 g/mol. The Labute approximate surface area is 200 Å². The van der Waals surface area contributed by atoms with Crippen LogP contribution in [0.4, 0.5) is 10.6 Å². The number of ether oxygens (including phenoxy) is 1. The Morgan fingerprint density at radius 3 is 2.55 bits per heavy atom. The van der Waals surface area contributed by atoms with Gasteiger partial charge in [-0.25, -0.2) is 14.8 Å². The molecule has 0 spiro atoms. The summed E-state index contributed by atoms with van der Waals surface area (Å²) in [6, 6.07) is 0.393. The van der Waals surface area contributed by atoms with E-state index in [1.165, 1.54) is 6.42 Å². The Hall–Kier alpha value is -2.29. The number of hydrogen-bond acceptors (Lipinski definition) is 7. The molecule has 2 aliphatic rings. The van der Waals surface area contributed by atoms with Crippen molar-refractivity contribution >= 4 is 39.8 Å². The predicted octanol–water partition coefficient (Wildman–Crippen LogP) is 4.74. The molecule has 3 heterocycles. The zero-order valence-corrected chi connectivity index (χ0v) is 21.2. The van der Waals surface area contributed by atoms with Gasteiger partial charge in [0, 0.05) is 37.9 Å². The van der Waals surface area contributed by atoms with Crippen LogP contribution in [0.3, 0.4) is 0 Å². The molecule has 2 aromatic heterocycles. The zero-order valence-electron chi connectivity index (χ0n) is 20.4. The Morgan fingerprint density at radius 1 is 1.18 bits per heavy atom. The van der Waals surface area contributed by atoms with Crippen molar-refractivity contribution in [1.82, 2.24) is 19.4 Å². The number of piperidine rings is 1. The maximum atomic E-state index is 12.4. The molecule has 1 aliphatic heterocycles. The predicted molar refractivity (Wildman–Crippen MR) is 135 cm³/mol. The van der Waals surface area contributed by atoms with E-state index in [0.29, 0.717) is 23.7 Å². The van der Waals surface area contributed by atoms with Gasteiger partial charge in [-0.2, -0.15) is 0 Å². The molecule has 0 radical (unpaired) electrons. The van der Waals surface area contributed by atoms with Gasteiger partial charge in [0.25, 0.3) is 0 Å². The second-order valence-electron chi connectivity index (χ2n) is 10.2. The number of aromatic nitrogens is 3. The number of aliphatic imine (C=N–C) groups is 1. The summed E-state index contributed by atoms with van der Waals surface area (Å²) in [7, 11) is 1.81. The first-order chi connectivity index (χ1) is 15.7. The van der Waals surface area contributed by atoms with Crippen LogP contribution in [0.15, 0.2) is 17.5 Å². The average molecular weight is 473 g/mol. The highest BCUT2D eigenvalue weighted by atomic mass is 32.2. The first-order valence-electron chi connectivity index (χ1n) is 11.8. The largest absolute Gasteiger partial charge is 0.444 e. The Morgan fingerprint density at radius 2 is 1.91 bits per heavy atom. The van der Waals surface area contributed by atoms with Crippen molar-refractivity contribution in [3.63, 3.8) is 0 Å². The first kappa shape index (κ1) is 23.9. The summed E-state index contributed by atoms with van der Waals surface area (Å²) in [6.07, 6.45) is 11.1. The molecule has 2 unspecified atom stereocenters. The van der Waals surface area contributed by atoms with Gasteiger partial charge in [0.05, 0.1) is 10.4 Å². The summed E-state index contributed by atoms with van der Waals surface area (Å²) < 4.78 is 7.86. The molecule has 4 rings (SSSR count). The van der Waals surface area contributed by atoms with Crippen LogP contribution >= 0.6 is 11.8 Å². The number of nitrogen functional groups attached to an aromatic ring is 1. The molecule has 2 atom stereocenters. The molecule has 9 heteroatoms. The minimum atomic E-state index is -0.448. The topological polar surface area (TPSA) is 98.6 Å². The molecular formula is C24H36N6O2S. The van der Waals surface area contributed by atoms with E-state index in [9.17, 15) is 4.79 Å². The smallest absolute Gasteiger partial charge is 0.410 e. The van der Waals surface area contributed by atoms with Crippen molar-refractivity contribution in [2.45, 2.75) is 64.5 Å². The maximum absolute atomic E-state index is 12.4. The summed E-state index contributed by atoms with van der Waals surface area (Å²) >= 11 is 1.61. The number of likely N-dealkylation sites (tertiary alicyclic amines) is 1. The van der Waals surface area contributed by atoms with Crippen LogP contribution in [-0.4, -0.2) is 62.6 Å². The van der Waals surface area contributed by atoms with E-state index in [4.69, 9.17) is 10.5 Å². The van der Waals surface area contributed by atoms with Gasteiger partial charge in [-0.3, -0.25) is 4.99 Å². The van der Waals surface area contributed by atoms with Gasteiger partial charge in [0.2, 0.25) is 0 Å². The molecule has 180 valence electrons. The molecule has 33 heavy (non-hydrogen) atoms. The van der Waals surface area contributed by atoms with Crippen molar-refractivity contribution in [3.05, 3.63) is 18.1 Å². The molecule has 2 fully saturated rings. The summed E-state index contributed by atoms with van der Waals surface area (Å²) in [5.41, 5.74) is 7.74. The number of nitrogens with two attached hydrogens (primary N) is 1. The van der Waals surface area contributed by atoms with Crippen LogP contribution in [0.1, 0.15) is 64.5 Å². The third-order valence-corrected chi connectivity index (χ3v) is 7.75. The fraction of sp³-hybridized carbons (Fsp3) is 0.667. The summed E-state index contributed by atoms with van der Waals surface area (Å²) in [5, 5.41) is 1.85. The third kappa shape index (κ3) is 4.98. The lowest BCUT2D eigenvalue weighted by Gasteiger charge is -2.35. The minimum Gasteiger partial charge on any atom is -0.444 e. The van der Waals surface area contributed by atoms with Gasteiger partial charge in [0.1, 0.15) is 23.4 Å². The molecule has 8 nitrogen and oxygen atoms in total. The summed E-state index contributed by atoms with van der Waals surface area (Å²) in [6.45, 7) is 7.31. The summed E-state index contributed by atoms with van der Waals surface area (Å²) in [4.78, 5) is 27.6. The van der Waals surface area contributed by atoms with Gasteiger partial charge in [0.15, 0.2) is 0 Å². The molecule has 0 bridgehead atoms. The highest BCUT2D eigenvalue weighted by Gasteiger charge is 2.36. The number of anilines is 1. The highest BCUT2D eigenvalue weighted by molar-refractivity contribution is 8.13. The van der Waals surface area contributed by atoms with E-state index in [-0.39, 0.29) is 6.09 Å².